The van der Waals surface area contributed by atoms with E-state index in [9.17, 15) is 19.7 Å². The van der Waals surface area contributed by atoms with Gasteiger partial charge in [0.1, 0.15) is 17.7 Å². The molecule has 132 valence electrons. The van der Waals surface area contributed by atoms with Crippen LogP contribution >= 0.6 is 11.3 Å². The molecule has 10 nitrogen and oxygen atoms in total. The van der Waals surface area contributed by atoms with Crippen molar-refractivity contribution in [1.29, 1.82) is 0 Å². The summed E-state index contributed by atoms with van der Waals surface area (Å²) in [6.45, 7) is 1.93. The summed E-state index contributed by atoms with van der Waals surface area (Å²) >= 11 is 1.21. The van der Waals surface area contributed by atoms with Gasteiger partial charge in [-0.05, 0) is 25.8 Å². The Kier molecular flexibility index (Phi) is 4.86. The lowest BCUT2D eigenvalue weighted by Gasteiger charge is -2.08. The second-order valence-electron chi connectivity index (χ2n) is 5.50. The third-order valence-corrected chi connectivity index (χ3v) is 4.69. The SMILES string of the molecule is Cc1ccc([N+](=O)[O-])c(=O)n1CC(=O)Nc1nnc(C2CCCO2)s1. The summed E-state index contributed by atoms with van der Waals surface area (Å²) in [5, 5.41) is 22.3. The quantitative estimate of drug-likeness (QED) is 0.626. The van der Waals surface area contributed by atoms with Crippen molar-refractivity contribution in [2.75, 3.05) is 11.9 Å². The van der Waals surface area contributed by atoms with Crippen LogP contribution in [0.5, 0.6) is 0 Å². The van der Waals surface area contributed by atoms with Gasteiger partial charge in [0.15, 0.2) is 0 Å². The lowest BCUT2D eigenvalue weighted by Crippen LogP contribution is -2.30. The number of nitrogens with zero attached hydrogens (tertiary/aromatic N) is 4. The predicted molar refractivity (Wildman–Crippen MR) is 88.6 cm³/mol. The Morgan fingerprint density at radius 1 is 1.52 bits per heavy atom. The van der Waals surface area contributed by atoms with E-state index in [1.54, 1.807) is 6.92 Å². The fraction of sp³-hybridized carbons (Fsp3) is 0.429. The highest BCUT2D eigenvalue weighted by Gasteiger charge is 2.23. The van der Waals surface area contributed by atoms with Crippen LogP contribution < -0.4 is 10.9 Å². The smallest absolute Gasteiger partial charge is 0.334 e. The first-order valence-corrected chi connectivity index (χ1v) is 8.37. The predicted octanol–water partition coefficient (Wildman–Crippen LogP) is 1.41. The molecule has 1 amide bonds. The maximum Gasteiger partial charge on any atom is 0.334 e. The molecule has 0 bridgehead atoms. The second-order valence-corrected chi connectivity index (χ2v) is 6.51. The Hall–Kier alpha value is -2.66. The van der Waals surface area contributed by atoms with Gasteiger partial charge >= 0.3 is 11.2 Å². The highest BCUT2D eigenvalue weighted by Crippen LogP contribution is 2.31. The molecule has 1 aliphatic heterocycles. The highest BCUT2D eigenvalue weighted by atomic mass is 32.1. The molecule has 2 aromatic heterocycles. The molecule has 25 heavy (non-hydrogen) atoms. The third-order valence-electron chi connectivity index (χ3n) is 3.76. The summed E-state index contributed by atoms with van der Waals surface area (Å²) in [5.74, 6) is -0.513. The number of rotatable bonds is 5. The number of carbonyl (C=O) groups is 1. The molecule has 11 heteroatoms. The van der Waals surface area contributed by atoms with Crippen molar-refractivity contribution >= 4 is 28.1 Å². The van der Waals surface area contributed by atoms with Crippen LogP contribution in [0, 0.1) is 17.0 Å². The van der Waals surface area contributed by atoms with Gasteiger partial charge in [0, 0.05) is 18.4 Å². The maximum absolute atomic E-state index is 12.2. The molecule has 0 aliphatic carbocycles. The van der Waals surface area contributed by atoms with Crippen LogP contribution in [0.2, 0.25) is 0 Å². The number of amides is 1. The van der Waals surface area contributed by atoms with Crippen molar-refractivity contribution < 1.29 is 14.5 Å². The summed E-state index contributed by atoms with van der Waals surface area (Å²) in [6.07, 6.45) is 1.73. The van der Waals surface area contributed by atoms with Crippen molar-refractivity contribution in [3.8, 4) is 0 Å². The molecule has 3 rings (SSSR count). The third kappa shape index (κ3) is 3.72. The van der Waals surface area contributed by atoms with Crippen LogP contribution in [-0.4, -0.2) is 32.2 Å². The first-order chi connectivity index (χ1) is 12.0. The molecular weight excluding hydrogens is 350 g/mol. The number of hydrogen-bond donors (Lipinski definition) is 1. The fourth-order valence-electron chi connectivity index (χ4n) is 2.48. The number of ether oxygens (including phenoxy) is 1. The lowest BCUT2D eigenvalue weighted by molar-refractivity contribution is -0.386. The molecule has 1 aliphatic rings. The molecule has 0 aromatic carbocycles. The van der Waals surface area contributed by atoms with E-state index in [1.165, 1.54) is 17.4 Å². The van der Waals surface area contributed by atoms with Crippen molar-refractivity contribution in [3.63, 3.8) is 0 Å². The minimum Gasteiger partial charge on any atom is -0.371 e. The molecule has 1 fully saturated rings. The molecule has 3 heterocycles. The summed E-state index contributed by atoms with van der Waals surface area (Å²) in [4.78, 5) is 34.3. The standard InChI is InChI=1S/C14H15N5O5S/c1-8-4-5-9(19(22)23)13(21)18(8)7-11(20)15-14-17-16-12(25-14)10-3-2-6-24-10/h4-5,10H,2-3,6-7H2,1H3,(H,15,17,20). The van der Waals surface area contributed by atoms with Crippen LogP contribution in [0.25, 0.3) is 0 Å². The zero-order valence-corrected chi connectivity index (χ0v) is 14.1. The number of carbonyl (C=O) groups excluding carboxylic acids is 1. The van der Waals surface area contributed by atoms with Crippen molar-refractivity contribution in [3.05, 3.63) is 43.3 Å². The topological polar surface area (TPSA) is 129 Å². The first kappa shape index (κ1) is 17.2. The Balaban J connectivity index is 1.72. The second kappa shape index (κ2) is 7.07. The van der Waals surface area contributed by atoms with Gasteiger partial charge in [0.05, 0.1) is 4.92 Å². The number of pyridine rings is 1. The van der Waals surface area contributed by atoms with Gasteiger partial charge in [-0.25, -0.2) is 0 Å². The number of nitrogens with one attached hydrogen (secondary N) is 1. The van der Waals surface area contributed by atoms with Crippen molar-refractivity contribution in [1.82, 2.24) is 14.8 Å². The van der Waals surface area contributed by atoms with E-state index < -0.39 is 22.1 Å². The summed E-state index contributed by atoms with van der Waals surface area (Å²) in [5.41, 5.74) is -0.949. The van der Waals surface area contributed by atoms with Gasteiger partial charge in [-0.2, -0.15) is 0 Å². The minimum absolute atomic E-state index is 0.0928. The Labute approximate surface area is 145 Å². The fourth-order valence-corrected chi connectivity index (χ4v) is 3.33. The number of aromatic nitrogens is 3. The van der Waals surface area contributed by atoms with E-state index in [-0.39, 0.29) is 12.6 Å². The van der Waals surface area contributed by atoms with E-state index >= 15 is 0 Å². The molecule has 1 unspecified atom stereocenters. The average molecular weight is 365 g/mol. The Morgan fingerprint density at radius 3 is 3.00 bits per heavy atom. The van der Waals surface area contributed by atoms with Gasteiger partial charge < -0.3 is 4.74 Å². The van der Waals surface area contributed by atoms with Crippen LogP contribution in [0.4, 0.5) is 10.8 Å². The van der Waals surface area contributed by atoms with Crippen LogP contribution in [-0.2, 0) is 16.1 Å². The molecule has 0 radical (unpaired) electrons. The van der Waals surface area contributed by atoms with Gasteiger partial charge in [0.25, 0.3) is 0 Å². The van der Waals surface area contributed by atoms with E-state index in [0.29, 0.717) is 22.4 Å². The first-order valence-electron chi connectivity index (χ1n) is 7.55. The van der Waals surface area contributed by atoms with Crippen molar-refractivity contribution in [2.24, 2.45) is 0 Å². The molecule has 2 aromatic rings. The number of hydrogen-bond acceptors (Lipinski definition) is 8. The Morgan fingerprint density at radius 2 is 2.32 bits per heavy atom. The van der Waals surface area contributed by atoms with E-state index in [4.69, 9.17) is 4.74 Å². The molecule has 1 saturated heterocycles. The maximum atomic E-state index is 12.2. The minimum atomic E-state index is -0.822. The Bertz CT molecular complexity index is 871. The van der Waals surface area contributed by atoms with Gasteiger partial charge in [-0.1, -0.05) is 11.3 Å². The molecular formula is C14H15N5O5S. The average Bonchev–Trinajstić information content (AvgIpc) is 3.22. The molecule has 0 spiro atoms. The van der Waals surface area contributed by atoms with Crippen LogP contribution in [0.3, 0.4) is 0 Å². The van der Waals surface area contributed by atoms with E-state index in [0.717, 1.165) is 23.5 Å². The number of aryl methyl sites for hydroxylation is 1. The van der Waals surface area contributed by atoms with Crippen LogP contribution in [0.15, 0.2) is 16.9 Å². The van der Waals surface area contributed by atoms with Crippen molar-refractivity contribution in [2.45, 2.75) is 32.4 Å². The highest BCUT2D eigenvalue weighted by molar-refractivity contribution is 7.15. The van der Waals surface area contributed by atoms with Gasteiger partial charge in [-0.3, -0.25) is 29.6 Å². The van der Waals surface area contributed by atoms with E-state index in [1.807, 2.05) is 0 Å². The van der Waals surface area contributed by atoms with Crippen LogP contribution in [0.1, 0.15) is 29.6 Å². The summed E-state index contributed by atoms with van der Waals surface area (Å²) < 4.78 is 6.56. The van der Waals surface area contributed by atoms with Gasteiger partial charge in [-0.15, -0.1) is 10.2 Å². The van der Waals surface area contributed by atoms with Gasteiger partial charge in [0.2, 0.25) is 11.0 Å². The number of anilines is 1. The zero-order valence-electron chi connectivity index (χ0n) is 13.3. The molecule has 1 atom stereocenters. The molecule has 1 N–H and O–H groups in total. The van der Waals surface area contributed by atoms with E-state index in [2.05, 4.69) is 15.5 Å². The monoisotopic (exact) mass is 365 g/mol. The lowest BCUT2D eigenvalue weighted by atomic mass is 10.2. The molecule has 0 saturated carbocycles. The summed E-state index contributed by atoms with van der Waals surface area (Å²) in [7, 11) is 0. The largest absolute Gasteiger partial charge is 0.371 e. The number of nitro groups is 1. The summed E-state index contributed by atoms with van der Waals surface area (Å²) in [6, 6.07) is 2.55. The normalized spacial score (nSPS) is 16.8. The zero-order chi connectivity index (χ0) is 18.0.